The third kappa shape index (κ3) is 4.15. The fourth-order valence-electron chi connectivity index (χ4n) is 3.26. The van der Waals surface area contributed by atoms with Crippen molar-refractivity contribution in [1.82, 2.24) is 5.32 Å². The lowest BCUT2D eigenvalue weighted by molar-refractivity contribution is -0.135. The molecule has 0 saturated heterocycles. The van der Waals surface area contributed by atoms with Crippen molar-refractivity contribution in [2.45, 2.75) is 56.5 Å². The number of carbonyl (C=O) groups is 2. The van der Waals surface area contributed by atoms with E-state index in [0.29, 0.717) is 36.4 Å². The van der Waals surface area contributed by atoms with E-state index in [-0.39, 0.29) is 11.7 Å². The first kappa shape index (κ1) is 18.9. The first-order valence-corrected chi connectivity index (χ1v) is 8.95. The van der Waals surface area contributed by atoms with Crippen LogP contribution >= 0.6 is 11.6 Å². The Hall–Kier alpha value is -1.43. The number of hydrogen-bond acceptors (Lipinski definition) is 4. The van der Waals surface area contributed by atoms with Crippen LogP contribution in [0.5, 0.6) is 0 Å². The largest absolute Gasteiger partial charge is 0.338 e. The Morgan fingerprint density at radius 2 is 2.04 bits per heavy atom. The van der Waals surface area contributed by atoms with Gasteiger partial charge in [-0.2, -0.15) is 0 Å². The number of amides is 1. The van der Waals surface area contributed by atoms with Crippen LogP contribution in [0.2, 0.25) is 5.02 Å². The number of Topliss-reactive ketones (excluding diaryl/α,β-unsaturated/α-hetero) is 1. The molecule has 2 atom stereocenters. The van der Waals surface area contributed by atoms with Crippen LogP contribution in [0.1, 0.15) is 50.5 Å². The number of nitrogens with two attached hydrogens (primary N) is 2. The van der Waals surface area contributed by atoms with Gasteiger partial charge in [0.05, 0.1) is 6.04 Å². The smallest absolute Gasteiger partial charge is 0.237 e. The molecule has 0 unspecified atom stereocenters. The second-order valence-electron chi connectivity index (χ2n) is 6.40. The lowest BCUT2D eigenvalue weighted by atomic mass is 9.75. The molecule has 0 spiro atoms. The summed E-state index contributed by atoms with van der Waals surface area (Å²) < 4.78 is 0. The third-order valence-corrected chi connectivity index (χ3v) is 4.99. The van der Waals surface area contributed by atoms with E-state index in [9.17, 15) is 9.59 Å². The highest BCUT2D eigenvalue weighted by Crippen LogP contribution is 2.38. The van der Waals surface area contributed by atoms with E-state index in [1.165, 1.54) is 0 Å². The van der Waals surface area contributed by atoms with Gasteiger partial charge in [-0.3, -0.25) is 9.59 Å². The van der Waals surface area contributed by atoms with Gasteiger partial charge >= 0.3 is 0 Å². The van der Waals surface area contributed by atoms with E-state index in [0.717, 1.165) is 25.7 Å². The van der Waals surface area contributed by atoms with Crippen molar-refractivity contribution < 1.29 is 9.59 Å². The molecule has 0 heterocycles. The van der Waals surface area contributed by atoms with Gasteiger partial charge in [0.2, 0.25) is 5.91 Å². The highest BCUT2D eigenvalue weighted by molar-refractivity contribution is 6.31. The van der Waals surface area contributed by atoms with Gasteiger partial charge in [-0.05, 0) is 44.7 Å². The van der Waals surface area contributed by atoms with Crippen molar-refractivity contribution in [2.75, 3.05) is 6.54 Å². The summed E-state index contributed by atoms with van der Waals surface area (Å²) in [7, 11) is 0. The molecule has 6 heteroatoms. The van der Waals surface area contributed by atoms with E-state index in [1.807, 2.05) is 18.2 Å². The van der Waals surface area contributed by atoms with Gasteiger partial charge in [-0.1, -0.05) is 36.2 Å². The molecule has 5 N–H and O–H groups in total. The minimum absolute atomic E-state index is 0.00404. The van der Waals surface area contributed by atoms with E-state index in [1.54, 1.807) is 6.07 Å². The summed E-state index contributed by atoms with van der Waals surface area (Å²) in [5, 5.41) is 3.43. The quantitative estimate of drug-likeness (QED) is 0.656. The van der Waals surface area contributed by atoms with Crippen LogP contribution in [0.4, 0.5) is 0 Å². The van der Waals surface area contributed by atoms with E-state index >= 15 is 0 Å². The van der Waals surface area contributed by atoms with Crippen LogP contribution in [0, 0.1) is 0 Å². The van der Waals surface area contributed by atoms with E-state index < -0.39 is 11.6 Å². The topological polar surface area (TPSA) is 98.2 Å². The Morgan fingerprint density at radius 3 is 2.71 bits per heavy atom. The highest BCUT2D eigenvalue weighted by atomic mass is 35.5. The summed E-state index contributed by atoms with van der Waals surface area (Å²) in [6.07, 6.45) is 4.86. The predicted molar refractivity (Wildman–Crippen MR) is 95.6 cm³/mol. The first-order valence-electron chi connectivity index (χ1n) is 8.57. The number of carbonyl (C=O) groups excluding carboxylic acids is 2. The first-order chi connectivity index (χ1) is 11.5. The van der Waals surface area contributed by atoms with Crippen LogP contribution < -0.4 is 16.8 Å². The normalized spacial score (nSPS) is 22.2. The molecule has 0 radical (unpaired) electrons. The zero-order valence-corrected chi connectivity index (χ0v) is 14.6. The van der Waals surface area contributed by atoms with Gasteiger partial charge in [0.1, 0.15) is 5.54 Å². The second-order valence-corrected chi connectivity index (χ2v) is 6.80. The Balaban J connectivity index is 2.23. The Morgan fingerprint density at radius 1 is 1.29 bits per heavy atom. The Labute approximate surface area is 148 Å². The number of rotatable bonds is 7. The lowest BCUT2D eigenvalue weighted by Gasteiger charge is -2.38. The van der Waals surface area contributed by atoms with Crippen molar-refractivity contribution in [3.63, 3.8) is 0 Å². The zero-order valence-electron chi connectivity index (χ0n) is 13.9. The third-order valence-electron chi connectivity index (χ3n) is 4.66. The standard InChI is InChI=1S/C18H26ClN3O2/c19-14-8-2-1-7-13(14)18(11-5-3-10-16(18)23)22-17(24)15(21)9-4-6-12-20/h1-2,7-8,15H,3-6,9-12,20-21H2,(H,22,24)/t15-,18-/m0/s1. The highest BCUT2D eigenvalue weighted by Gasteiger charge is 2.44. The summed E-state index contributed by atoms with van der Waals surface area (Å²) in [4.78, 5) is 25.3. The van der Waals surface area contributed by atoms with Crippen molar-refractivity contribution in [3.05, 3.63) is 34.9 Å². The number of halogens is 1. The lowest BCUT2D eigenvalue weighted by Crippen LogP contribution is -2.57. The molecule has 132 valence electrons. The molecule has 0 aromatic heterocycles. The summed E-state index contributed by atoms with van der Waals surface area (Å²) in [6.45, 7) is 0.580. The van der Waals surface area contributed by atoms with Crippen LogP contribution in [0.3, 0.4) is 0 Å². The van der Waals surface area contributed by atoms with Crippen molar-refractivity contribution in [1.29, 1.82) is 0 Å². The van der Waals surface area contributed by atoms with Gasteiger partial charge in [-0.25, -0.2) is 0 Å². The van der Waals surface area contributed by atoms with Gasteiger partial charge in [-0.15, -0.1) is 0 Å². The second kappa shape index (κ2) is 8.60. The maximum absolute atomic E-state index is 12.8. The molecule has 1 aliphatic rings. The monoisotopic (exact) mass is 351 g/mol. The predicted octanol–water partition coefficient (Wildman–Crippen LogP) is 2.25. The molecule has 1 aliphatic carbocycles. The molecule has 24 heavy (non-hydrogen) atoms. The van der Waals surface area contributed by atoms with Crippen molar-refractivity contribution in [3.8, 4) is 0 Å². The summed E-state index contributed by atoms with van der Waals surface area (Å²) >= 11 is 6.33. The molecule has 1 amide bonds. The Kier molecular flexibility index (Phi) is 6.78. The van der Waals surface area contributed by atoms with Gasteiger partial charge in [0.25, 0.3) is 0 Å². The summed E-state index contributed by atoms with van der Waals surface area (Å²) in [6, 6.07) is 6.55. The fourth-order valence-corrected chi connectivity index (χ4v) is 3.56. The minimum Gasteiger partial charge on any atom is -0.338 e. The average molecular weight is 352 g/mol. The summed E-state index contributed by atoms with van der Waals surface area (Å²) in [5.41, 5.74) is 11.1. The Bertz CT molecular complexity index is 593. The summed E-state index contributed by atoms with van der Waals surface area (Å²) in [5.74, 6) is -0.299. The number of ketones is 1. The number of hydrogen-bond donors (Lipinski definition) is 3. The van der Waals surface area contributed by atoms with Crippen LogP contribution in [-0.2, 0) is 15.1 Å². The van der Waals surface area contributed by atoms with Crippen molar-refractivity contribution in [2.24, 2.45) is 11.5 Å². The molecule has 5 nitrogen and oxygen atoms in total. The van der Waals surface area contributed by atoms with Crippen molar-refractivity contribution >= 4 is 23.3 Å². The molecule has 0 aliphatic heterocycles. The zero-order chi connectivity index (χ0) is 17.6. The van der Waals surface area contributed by atoms with Crippen LogP contribution in [-0.4, -0.2) is 24.3 Å². The molecule has 0 bridgehead atoms. The maximum Gasteiger partial charge on any atom is 0.237 e. The molecule has 1 aromatic carbocycles. The molecule has 1 saturated carbocycles. The molecular formula is C18H26ClN3O2. The molecule has 1 fully saturated rings. The van der Waals surface area contributed by atoms with Gasteiger partial charge < -0.3 is 16.8 Å². The van der Waals surface area contributed by atoms with Crippen LogP contribution in [0.25, 0.3) is 0 Å². The van der Waals surface area contributed by atoms with E-state index in [2.05, 4.69) is 5.32 Å². The minimum atomic E-state index is -1.06. The molecule has 1 aromatic rings. The van der Waals surface area contributed by atoms with Gasteiger partial charge in [0.15, 0.2) is 5.78 Å². The number of nitrogens with one attached hydrogen (secondary N) is 1. The average Bonchev–Trinajstić information content (AvgIpc) is 2.57. The van der Waals surface area contributed by atoms with Gasteiger partial charge in [0, 0.05) is 17.0 Å². The molecule has 2 rings (SSSR count). The maximum atomic E-state index is 12.8. The number of benzene rings is 1. The molecular weight excluding hydrogens is 326 g/mol. The number of unbranched alkanes of at least 4 members (excludes halogenated alkanes) is 1. The van der Waals surface area contributed by atoms with Crippen LogP contribution in [0.15, 0.2) is 24.3 Å². The SMILES string of the molecule is NCCCC[C@H](N)C(=O)N[C@]1(c2ccccc2Cl)CCCCC1=O. The fraction of sp³-hybridized carbons (Fsp3) is 0.556. The van der Waals surface area contributed by atoms with E-state index in [4.69, 9.17) is 23.1 Å².